The molecule has 0 saturated carbocycles. The van der Waals surface area contributed by atoms with E-state index in [9.17, 15) is 19.5 Å². The van der Waals surface area contributed by atoms with Gasteiger partial charge in [0.1, 0.15) is 23.8 Å². The summed E-state index contributed by atoms with van der Waals surface area (Å²) in [7, 11) is 0. The van der Waals surface area contributed by atoms with Gasteiger partial charge in [0.25, 0.3) is 11.6 Å². The number of halogens is 2. The van der Waals surface area contributed by atoms with Crippen molar-refractivity contribution in [3.05, 3.63) is 10.7 Å². The van der Waals surface area contributed by atoms with E-state index in [1.165, 1.54) is 11.8 Å². The van der Waals surface area contributed by atoms with Crippen molar-refractivity contribution in [2.24, 2.45) is 0 Å². The van der Waals surface area contributed by atoms with Gasteiger partial charge in [-0.05, 0) is 6.92 Å². The number of ether oxygens (including phenoxy) is 1. The van der Waals surface area contributed by atoms with E-state index in [2.05, 4.69) is 0 Å². The normalized spacial score (nSPS) is 26.9. The molecule has 24 heavy (non-hydrogen) atoms. The van der Waals surface area contributed by atoms with Crippen molar-refractivity contribution < 1.29 is 58.6 Å². The number of carbonyl (C=O) groups is 3. The fourth-order valence-electron chi connectivity index (χ4n) is 2.39. The van der Waals surface area contributed by atoms with Crippen LogP contribution in [-0.2, 0) is 24.0 Å². The van der Waals surface area contributed by atoms with Crippen molar-refractivity contribution in [1.82, 2.24) is 9.96 Å². The Hall–Kier alpha value is -0.420. The van der Waals surface area contributed by atoms with Gasteiger partial charge in [0.15, 0.2) is 0 Å². The Kier molecular flexibility index (Phi) is 7.48. The number of carbonyl (C=O) groups excluding carboxylic acids is 3. The maximum atomic E-state index is 12.6. The van der Waals surface area contributed by atoms with E-state index in [-0.39, 0.29) is 59.2 Å². The summed E-state index contributed by atoms with van der Waals surface area (Å²) in [4.78, 5) is 41.9. The second kappa shape index (κ2) is 8.31. The summed E-state index contributed by atoms with van der Waals surface area (Å²) in [5.74, 6) is -3.30. The second-order valence-electron chi connectivity index (χ2n) is 4.81. The zero-order chi connectivity index (χ0) is 17.4. The third-order valence-corrected chi connectivity index (χ3v) is 4.22. The summed E-state index contributed by atoms with van der Waals surface area (Å²) in [6.07, 6.45) is -0.452. The molecule has 2 rings (SSSR count). The maximum absolute atomic E-state index is 12.6. The predicted molar refractivity (Wildman–Crippen MR) is 79.6 cm³/mol. The molecule has 2 heterocycles. The molecule has 0 aromatic carbocycles. The number of aliphatic carboxylic acids is 1. The van der Waals surface area contributed by atoms with Crippen molar-refractivity contribution in [2.45, 2.75) is 31.5 Å². The minimum absolute atomic E-state index is 0. The van der Waals surface area contributed by atoms with E-state index in [1.54, 1.807) is 0 Å². The van der Waals surface area contributed by atoms with E-state index in [4.69, 9.17) is 45.0 Å². The van der Waals surface area contributed by atoms with Crippen LogP contribution >= 0.6 is 35.4 Å². The molecular weight excluding hydrogens is 394 g/mol. The first kappa shape index (κ1) is 21.6. The van der Waals surface area contributed by atoms with Gasteiger partial charge in [0.2, 0.25) is 0 Å². The van der Waals surface area contributed by atoms with E-state index in [0.717, 1.165) is 5.54 Å². The van der Waals surface area contributed by atoms with Gasteiger partial charge in [-0.1, -0.05) is 35.4 Å². The average Bonchev–Trinajstić information content (AvgIpc) is 3.04. The molecule has 0 aliphatic carbocycles. The molecule has 0 spiro atoms. The van der Waals surface area contributed by atoms with Gasteiger partial charge >= 0.3 is 35.5 Å². The Labute approximate surface area is 174 Å². The summed E-state index contributed by atoms with van der Waals surface area (Å²) in [6.45, 7) is 1.26. The average molecular weight is 405 g/mol. The topological polar surface area (TPSA) is 99.2 Å². The molecule has 0 radical (unpaired) electrons. The van der Waals surface area contributed by atoms with Gasteiger partial charge in [0, 0.05) is 12.0 Å². The third-order valence-electron chi connectivity index (χ3n) is 3.42. The van der Waals surface area contributed by atoms with Crippen LogP contribution in [0, 0.1) is 0 Å². The number of hydrogen-bond donors (Lipinski definition) is 0. The molecule has 2 fully saturated rings. The number of amides is 1. The van der Waals surface area contributed by atoms with Crippen LogP contribution in [0.25, 0.3) is 0 Å². The van der Waals surface area contributed by atoms with Gasteiger partial charge in [-0.3, -0.25) is 14.4 Å². The molecule has 2 aliphatic rings. The number of thiocarbonyl (C=S) groups is 1. The van der Waals surface area contributed by atoms with Crippen LogP contribution in [0.2, 0.25) is 0 Å². The molecule has 1 amide bonds. The number of cyclic esters (lactones) is 1. The Morgan fingerprint density at radius 2 is 2.17 bits per heavy atom. The van der Waals surface area contributed by atoms with E-state index < -0.39 is 29.6 Å². The van der Waals surface area contributed by atoms with Gasteiger partial charge in [0.05, 0.1) is 11.4 Å². The van der Waals surface area contributed by atoms with Crippen LogP contribution in [0.5, 0.6) is 0 Å². The number of hydrogen-bond acceptors (Lipinski definition) is 7. The van der Waals surface area contributed by atoms with E-state index in [1.807, 2.05) is 0 Å². The van der Waals surface area contributed by atoms with Crippen LogP contribution in [0.3, 0.4) is 0 Å². The predicted octanol–water partition coefficient (Wildman–Crippen LogP) is -3.16. The van der Waals surface area contributed by atoms with Crippen molar-refractivity contribution in [3.8, 4) is 0 Å². The molecule has 2 aliphatic heterocycles. The zero-order valence-corrected chi connectivity index (χ0v) is 17.1. The molecule has 0 aromatic rings. The monoisotopic (exact) mass is 404 g/mol. The van der Waals surface area contributed by atoms with Crippen LogP contribution in [0.1, 0.15) is 19.8 Å². The molecule has 1 unspecified atom stereocenters. The van der Waals surface area contributed by atoms with Crippen molar-refractivity contribution in [3.63, 3.8) is 0 Å². The Bertz CT molecular complexity index is 618. The number of hydroxylamine groups is 2. The van der Waals surface area contributed by atoms with E-state index in [0.29, 0.717) is 5.06 Å². The summed E-state index contributed by atoms with van der Waals surface area (Å²) >= 11 is 16.5. The van der Waals surface area contributed by atoms with Gasteiger partial charge in [-0.25, -0.2) is 0 Å². The summed E-state index contributed by atoms with van der Waals surface area (Å²) < 4.78 is 4.79. The number of nitrogens with zero attached hydrogens (tertiary/aromatic N) is 2. The van der Waals surface area contributed by atoms with Crippen molar-refractivity contribution >= 4 is 58.3 Å². The summed E-state index contributed by atoms with van der Waals surface area (Å²) in [5.41, 5.74) is -1.28. The van der Waals surface area contributed by atoms with E-state index >= 15 is 0 Å². The fourth-order valence-corrected chi connectivity index (χ4v) is 3.01. The zero-order valence-electron chi connectivity index (χ0n) is 12.8. The number of carboxylic acids is 1. The molecule has 2 atom stereocenters. The minimum atomic E-state index is -2.29. The molecule has 12 heteroatoms. The van der Waals surface area contributed by atoms with Crippen molar-refractivity contribution in [1.29, 1.82) is 0 Å². The number of rotatable bonds is 4. The molecular formula is C12H11Cl2N2NaO6S. The quantitative estimate of drug-likeness (QED) is 0.209. The smallest absolute Gasteiger partial charge is 0.544 e. The molecule has 0 N–H and O–H groups in total. The second-order valence-corrected chi connectivity index (χ2v) is 6.01. The minimum Gasteiger partial charge on any atom is -0.544 e. The first-order valence-electron chi connectivity index (χ1n) is 6.40. The van der Waals surface area contributed by atoms with Crippen molar-refractivity contribution in [2.75, 3.05) is 6.61 Å². The molecule has 0 bridgehead atoms. The van der Waals surface area contributed by atoms with Crippen LogP contribution in [0.4, 0.5) is 0 Å². The number of carboxylic acid groups (broad SMARTS) is 1. The van der Waals surface area contributed by atoms with Crippen LogP contribution in [0.15, 0.2) is 10.7 Å². The largest absolute Gasteiger partial charge is 1.00 e. The summed E-state index contributed by atoms with van der Waals surface area (Å²) in [5, 5.41) is 11.9. The standard InChI is InChI=1S/C12H12Cl2N2O6S.Na/c1-6(23)15(8(14)4-13)7-5-21-16(10(7)18)12(11(19)20)3-2-9(17)22-12;/h4,7H,2-3,5H2,1H3,(H,19,20);/q;+1/p-1/t7-,12?;/m0./s1. The Morgan fingerprint density at radius 3 is 2.58 bits per heavy atom. The first-order valence-corrected chi connectivity index (χ1v) is 7.63. The van der Waals surface area contributed by atoms with Gasteiger partial charge in [-0.15, -0.1) is 0 Å². The SMILES string of the molecule is CC(=S)N(C(Cl)=CCl)[C@H]1CON(C2(C(=O)[O-])CCC(=O)O2)C1=O.[Na+]. The maximum Gasteiger partial charge on any atom is 1.00 e. The van der Waals surface area contributed by atoms with Crippen LogP contribution < -0.4 is 34.7 Å². The molecule has 126 valence electrons. The first-order chi connectivity index (χ1) is 10.7. The third kappa shape index (κ3) is 3.72. The van der Waals surface area contributed by atoms with Gasteiger partial charge in [-0.2, -0.15) is 5.06 Å². The Morgan fingerprint density at radius 1 is 1.54 bits per heavy atom. The van der Waals surface area contributed by atoms with Crippen LogP contribution in [-0.4, -0.2) is 51.2 Å². The summed E-state index contributed by atoms with van der Waals surface area (Å²) in [6, 6.07) is -1.04. The van der Waals surface area contributed by atoms with Gasteiger partial charge < -0.3 is 19.5 Å². The molecule has 8 nitrogen and oxygen atoms in total. The molecule has 2 saturated heterocycles. The Balaban J connectivity index is 0.00000288. The molecule has 0 aromatic heterocycles. The fraction of sp³-hybridized carbons (Fsp3) is 0.500. The number of esters is 1.